The number of piperidine rings is 1. The monoisotopic (exact) mass is 449 g/mol. The quantitative estimate of drug-likeness (QED) is 0.465. The number of pyridine rings is 1. The Kier molecular flexibility index (Phi) is 6.53. The molecule has 31 heavy (non-hydrogen) atoms. The number of halogens is 4. The van der Waals surface area contributed by atoms with Crippen LogP contribution in [0.2, 0.25) is 5.02 Å². The van der Waals surface area contributed by atoms with E-state index in [1.165, 1.54) is 25.3 Å². The number of anilines is 2. The number of likely N-dealkylation sites (tertiary alicyclic amines) is 1. The highest BCUT2D eigenvalue weighted by Crippen LogP contribution is 2.33. The van der Waals surface area contributed by atoms with Crippen LogP contribution in [0.3, 0.4) is 0 Å². The summed E-state index contributed by atoms with van der Waals surface area (Å²) < 4.78 is 44.9. The lowest BCUT2D eigenvalue weighted by Gasteiger charge is -2.26. The summed E-state index contributed by atoms with van der Waals surface area (Å²) in [6.45, 7) is 3.65. The Morgan fingerprint density at radius 1 is 1.03 bits per heavy atom. The fourth-order valence-electron chi connectivity index (χ4n) is 3.74. The third-order valence-corrected chi connectivity index (χ3v) is 5.65. The van der Waals surface area contributed by atoms with E-state index in [9.17, 15) is 13.2 Å². The van der Waals surface area contributed by atoms with E-state index in [0.29, 0.717) is 34.4 Å². The Bertz CT molecular complexity index is 1050. The standard InChI is InChI=1S/C23H23ClF3N3O/c24-19-8-9-20(31-14-13-30-11-2-1-3-12-30)18-7-10-21(29-22(18)19)28-17-6-4-5-16(15-17)23(25,26)27/h4-10,15H,1-3,11-14H2,(H,28,29). The summed E-state index contributed by atoms with van der Waals surface area (Å²) >= 11 is 6.34. The predicted molar refractivity (Wildman–Crippen MR) is 117 cm³/mol. The fourth-order valence-corrected chi connectivity index (χ4v) is 3.95. The molecule has 0 bridgehead atoms. The molecule has 0 atom stereocenters. The van der Waals surface area contributed by atoms with Crippen molar-refractivity contribution in [3.05, 3.63) is 59.1 Å². The number of benzene rings is 2. The van der Waals surface area contributed by atoms with Gasteiger partial charge in [-0.2, -0.15) is 13.2 Å². The zero-order valence-corrected chi connectivity index (χ0v) is 17.6. The lowest BCUT2D eigenvalue weighted by molar-refractivity contribution is -0.137. The van der Waals surface area contributed by atoms with Crippen LogP contribution in [0.25, 0.3) is 10.9 Å². The van der Waals surface area contributed by atoms with Crippen molar-refractivity contribution in [2.45, 2.75) is 25.4 Å². The van der Waals surface area contributed by atoms with Crippen molar-refractivity contribution in [2.24, 2.45) is 0 Å². The molecule has 4 nitrogen and oxygen atoms in total. The minimum absolute atomic E-state index is 0.298. The lowest BCUT2D eigenvalue weighted by Crippen LogP contribution is -2.33. The minimum atomic E-state index is -4.40. The Hall–Kier alpha value is -2.51. The molecule has 2 aromatic carbocycles. The molecule has 4 rings (SSSR count). The number of rotatable bonds is 6. The van der Waals surface area contributed by atoms with Crippen LogP contribution in [0.15, 0.2) is 48.5 Å². The number of ether oxygens (including phenoxy) is 1. The van der Waals surface area contributed by atoms with Crippen molar-refractivity contribution in [1.82, 2.24) is 9.88 Å². The van der Waals surface area contributed by atoms with Gasteiger partial charge in [-0.3, -0.25) is 4.90 Å². The highest BCUT2D eigenvalue weighted by atomic mass is 35.5. The number of fused-ring (bicyclic) bond motifs is 1. The summed E-state index contributed by atoms with van der Waals surface area (Å²) in [6.07, 6.45) is -0.648. The smallest absolute Gasteiger partial charge is 0.416 e. The number of hydrogen-bond donors (Lipinski definition) is 1. The van der Waals surface area contributed by atoms with Gasteiger partial charge in [0.15, 0.2) is 0 Å². The molecule has 0 aliphatic carbocycles. The molecule has 1 saturated heterocycles. The second-order valence-corrected chi connectivity index (χ2v) is 8.00. The molecule has 2 heterocycles. The minimum Gasteiger partial charge on any atom is -0.492 e. The average molecular weight is 450 g/mol. The average Bonchev–Trinajstić information content (AvgIpc) is 2.76. The first kappa shape index (κ1) is 21.7. The van der Waals surface area contributed by atoms with Gasteiger partial charge in [-0.15, -0.1) is 0 Å². The Balaban J connectivity index is 1.50. The molecule has 0 unspecified atom stereocenters. The Morgan fingerprint density at radius 3 is 2.61 bits per heavy atom. The maximum absolute atomic E-state index is 13.0. The molecular formula is C23H23ClF3N3O. The summed E-state index contributed by atoms with van der Waals surface area (Å²) in [5.41, 5.74) is 0.113. The van der Waals surface area contributed by atoms with E-state index in [1.807, 2.05) is 12.1 Å². The highest BCUT2D eigenvalue weighted by Gasteiger charge is 2.30. The molecule has 1 aliphatic heterocycles. The van der Waals surface area contributed by atoms with E-state index in [0.717, 1.165) is 37.2 Å². The van der Waals surface area contributed by atoms with Gasteiger partial charge in [0.1, 0.15) is 18.2 Å². The van der Waals surface area contributed by atoms with Crippen LogP contribution in [0.4, 0.5) is 24.7 Å². The van der Waals surface area contributed by atoms with E-state index in [2.05, 4.69) is 15.2 Å². The van der Waals surface area contributed by atoms with Gasteiger partial charge >= 0.3 is 6.18 Å². The number of aromatic nitrogens is 1. The number of nitrogens with one attached hydrogen (secondary N) is 1. The molecule has 0 saturated carbocycles. The van der Waals surface area contributed by atoms with Gasteiger partial charge in [-0.25, -0.2) is 4.98 Å². The van der Waals surface area contributed by atoms with Gasteiger partial charge in [0.05, 0.1) is 16.1 Å². The van der Waals surface area contributed by atoms with Crippen LogP contribution in [0.1, 0.15) is 24.8 Å². The molecule has 1 aliphatic rings. The molecule has 1 N–H and O–H groups in total. The lowest BCUT2D eigenvalue weighted by atomic mass is 10.1. The van der Waals surface area contributed by atoms with Crippen LogP contribution in [0, 0.1) is 0 Å². The largest absolute Gasteiger partial charge is 0.492 e. The summed E-state index contributed by atoms with van der Waals surface area (Å²) in [7, 11) is 0. The first-order valence-corrected chi connectivity index (χ1v) is 10.7. The van der Waals surface area contributed by atoms with E-state index >= 15 is 0 Å². The van der Waals surface area contributed by atoms with Gasteiger partial charge in [0, 0.05) is 17.6 Å². The van der Waals surface area contributed by atoms with E-state index in [1.54, 1.807) is 18.2 Å². The van der Waals surface area contributed by atoms with Gasteiger partial charge in [0.2, 0.25) is 0 Å². The highest BCUT2D eigenvalue weighted by molar-refractivity contribution is 6.35. The molecule has 8 heteroatoms. The van der Waals surface area contributed by atoms with Crippen molar-refractivity contribution < 1.29 is 17.9 Å². The maximum Gasteiger partial charge on any atom is 0.416 e. The zero-order chi connectivity index (χ0) is 21.8. The summed E-state index contributed by atoms with van der Waals surface area (Å²) in [5.74, 6) is 1.09. The van der Waals surface area contributed by atoms with Crippen molar-refractivity contribution in [3.63, 3.8) is 0 Å². The van der Waals surface area contributed by atoms with Crippen LogP contribution in [-0.2, 0) is 6.18 Å². The van der Waals surface area contributed by atoms with E-state index < -0.39 is 11.7 Å². The predicted octanol–water partition coefficient (Wildman–Crippen LogP) is 6.52. The zero-order valence-electron chi connectivity index (χ0n) is 16.9. The van der Waals surface area contributed by atoms with E-state index in [-0.39, 0.29) is 0 Å². The molecule has 1 aromatic heterocycles. The van der Waals surface area contributed by atoms with Crippen LogP contribution < -0.4 is 10.1 Å². The third-order valence-electron chi connectivity index (χ3n) is 5.34. The van der Waals surface area contributed by atoms with Crippen LogP contribution in [0.5, 0.6) is 5.75 Å². The van der Waals surface area contributed by atoms with Crippen LogP contribution >= 0.6 is 11.6 Å². The number of alkyl halides is 3. The van der Waals surface area contributed by atoms with Gasteiger partial charge in [-0.05, 0) is 68.4 Å². The second-order valence-electron chi connectivity index (χ2n) is 7.59. The van der Waals surface area contributed by atoms with Crippen LogP contribution in [-0.4, -0.2) is 36.1 Å². The third kappa shape index (κ3) is 5.40. The molecule has 0 spiro atoms. The normalized spacial score (nSPS) is 15.2. The van der Waals surface area contributed by atoms with E-state index in [4.69, 9.17) is 16.3 Å². The van der Waals surface area contributed by atoms with Crippen molar-refractivity contribution in [2.75, 3.05) is 31.6 Å². The second kappa shape index (κ2) is 9.32. The summed E-state index contributed by atoms with van der Waals surface area (Å²) in [6, 6.07) is 12.1. The fraction of sp³-hybridized carbons (Fsp3) is 0.348. The Morgan fingerprint density at radius 2 is 1.84 bits per heavy atom. The van der Waals surface area contributed by atoms with Crippen molar-refractivity contribution in [3.8, 4) is 5.75 Å². The molecule has 0 radical (unpaired) electrons. The van der Waals surface area contributed by atoms with Gasteiger partial charge in [0.25, 0.3) is 0 Å². The molecular weight excluding hydrogens is 427 g/mol. The summed E-state index contributed by atoms with van der Waals surface area (Å²) in [4.78, 5) is 6.91. The molecule has 1 fully saturated rings. The SMILES string of the molecule is FC(F)(F)c1cccc(Nc2ccc3c(OCCN4CCCCC4)ccc(Cl)c3n2)c1. The summed E-state index contributed by atoms with van der Waals surface area (Å²) in [5, 5.41) is 4.14. The first-order chi connectivity index (χ1) is 14.9. The molecule has 164 valence electrons. The molecule has 3 aromatic rings. The van der Waals surface area contributed by atoms with Crippen molar-refractivity contribution >= 4 is 34.0 Å². The molecule has 0 amide bonds. The van der Waals surface area contributed by atoms with Crippen molar-refractivity contribution in [1.29, 1.82) is 0 Å². The topological polar surface area (TPSA) is 37.4 Å². The first-order valence-electron chi connectivity index (χ1n) is 10.3. The Labute approximate surface area is 184 Å². The van der Waals surface area contributed by atoms with Gasteiger partial charge in [-0.1, -0.05) is 24.1 Å². The number of nitrogens with zero attached hydrogens (tertiary/aromatic N) is 2. The van der Waals surface area contributed by atoms with Gasteiger partial charge < -0.3 is 10.1 Å². The number of hydrogen-bond acceptors (Lipinski definition) is 4. The maximum atomic E-state index is 13.0.